The van der Waals surface area contributed by atoms with Gasteiger partial charge in [-0.1, -0.05) is 31.0 Å². The molecular formula is C19H25NO4. The molecule has 3 rings (SSSR count). The van der Waals surface area contributed by atoms with Gasteiger partial charge in [0.25, 0.3) is 0 Å². The van der Waals surface area contributed by atoms with E-state index in [0.29, 0.717) is 18.7 Å². The zero-order chi connectivity index (χ0) is 17.4. The summed E-state index contributed by atoms with van der Waals surface area (Å²) in [5.41, 5.74) is 0.183. The normalized spacial score (nSPS) is 21.8. The quantitative estimate of drug-likeness (QED) is 0.925. The fourth-order valence-corrected chi connectivity index (χ4v) is 4.13. The molecule has 0 radical (unpaired) electrons. The number of benzene rings is 1. The van der Waals surface area contributed by atoms with E-state index < -0.39 is 5.97 Å². The molecular weight excluding hydrogens is 306 g/mol. The number of carbonyl (C=O) groups is 2. The Morgan fingerprint density at radius 3 is 2.50 bits per heavy atom. The van der Waals surface area contributed by atoms with Gasteiger partial charge < -0.3 is 14.7 Å². The summed E-state index contributed by atoms with van der Waals surface area (Å²) in [4.78, 5) is 26.1. The number of aromatic carboxylic acids is 1. The van der Waals surface area contributed by atoms with Crippen LogP contribution in [0.3, 0.4) is 0 Å². The van der Waals surface area contributed by atoms with Crippen LogP contribution in [0.25, 0.3) is 0 Å². The maximum absolute atomic E-state index is 12.8. The summed E-state index contributed by atoms with van der Waals surface area (Å²) < 4.78 is 6.33. The number of carboxylic acid groups (broad SMARTS) is 1. The minimum Gasteiger partial charge on any atom is -0.478 e. The molecule has 1 aromatic carbocycles. The number of amides is 1. The number of ether oxygens (including phenoxy) is 1. The molecule has 0 aromatic heterocycles. The van der Waals surface area contributed by atoms with Gasteiger partial charge in [0.15, 0.2) is 0 Å². The average molecular weight is 331 g/mol. The van der Waals surface area contributed by atoms with Gasteiger partial charge in [-0.3, -0.25) is 4.79 Å². The van der Waals surface area contributed by atoms with E-state index in [-0.39, 0.29) is 29.1 Å². The van der Waals surface area contributed by atoms with Crippen molar-refractivity contribution in [3.63, 3.8) is 0 Å². The molecule has 0 atom stereocenters. The molecule has 2 aliphatic rings. The molecule has 24 heavy (non-hydrogen) atoms. The molecule has 1 aliphatic heterocycles. The summed E-state index contributed by atoms with van der Waals surface area (Å²) in [5.74, 6) is -1.01. The fourth-order valence-electron chi connectivity index (χ4n) is 4.13. The molecule has 1 N–H and O–H groups in total. The summed E-state index contributed by atoms with van der Waals surface area (Å²) in [6, 6.07) is 6.73. The lowest BCUT2D eigenvalue weighted by molar-refractivity contribution is -0.198. The first-order valence-electron chi connectivity index (χ1n) is 8.59. The fraction of sp³-hybridized carbons (Fsp3) is 0.579. The maximum Gasteiger partial charge on any atom is 0.335 e. The zero-order valence-corrected chi connectivity index (χ0v) is 14.4. The Morgan fingerprint density at radius 2 is 1.83 bits per heavy atom. The topological polar surface area (TPSA) is 66.8 Å². The maximum atomic E-state index is 12.8. The largest absolute Gasteiger partial charge is 0.478 e. The van der Waals surface area contributed by atoms with E-state index in [1.165, 1.54) is 0 Å². The molecule has 130 valence electrons. The third-order valence-corrected chi connectivity index (χ3v) is 5.00. The Hall–Kier alpha value is -1.88. The number of nitrogens with zero attached hydrogens (tertiary/aromatic N) is 1. The van der Waals surface area contributed by atoms with E-state index in [9.17, 15) is 14.7 Å². The van der Waals surface area contributed by atoms with Crippen LogP contribution >= 0.6 is 0 Å². The number of carbonyl (C=O) groups excluding carboxylic acids is 1. The SMILES string of the molecule is CC1(C)CN(C(=O)Cc2ccccc2C(=O)O)CC2(CCCC2)O1. The lowest BCUT2D eigenvalue weighted by Gasteiger charge is -2.48. The van der Waals surface area contributed by atoms with Crippen LogP contribution in [0.2, 0.25) is 0 Å². The Kier molecular flexibility index (Phi) is 4.38. The molecule has 1 amide bonds. The van der Waals surface area contributed by atoms with Gasteiger partial charge in [-0.05, 0) is 38.3 Å². The van der Waals surface area contributed by atoms with Gasteiger partial charge in [0, 0.05) is 13.1 Å². The van der Waals surface area contributed by atoms with Crippen LogP contribution in [0.4, 0.5) is 0 Å². The highest BCUT2D eigenvalue weighted by Crippen LogP contribution is 2.40. The molecule has 0 bridgehead atoms. The molecule has 1 saturated carbocycles. The van der Waals surface area contributed by atoms with Crippen LogP contribution in [0.5, 0.6) is 0 Å². The second kappa shape index (κ2) is 6.20. The summed E-state index contributed by atoms with van der Waals surface area (Å²) in [7, 11) is 0. The molecule has 5 heteroatoms. The summed E-state index contributed by atoms with van der Waals surface area (Å²) >= 11 is 0. The Morgan fingerprint density at radius 1 is 1.17 bits per heavy atom. The van der Waals surface area contributed by atoms with Gasteiger partial charge in [-0.2, -0.15) is 0 Å². The highest BCUT2D eigenvalue weighted by Gasteiger charge is 2.46. The smallest absolute Gasteiger partial charge is 0.335 e. The number of rotatable bonds is 3. The van der Waals surface area contributed by atoms with E-state index in [0.717, 1.165) is 25.7 Å². The third kappa shape index (κ3) is 3.46. The molecule has 1 aromatic rings. The Labute approximate surface area is 142 Å². The van der Waals surface area contributed by atoms with E-state index >= 15 is 0 Å². The monoisotopic (exact) mass is 331 g/mol. The van der Waals surface area contributed by atoms with Crippen LogP contribution < -0.4 is 0 Å². The van der Waals surface area contributed by atoms with Crippen molar-refractivity contribution in [2.24, 2.45) is 0 Å². The number of morpholine rings is 1. The van der Waals surface area contributed by atoms with Crippen molar-refractivity contribution < 1.29 is 19.4 Å². The predicted molar refractivity (Wildman–Crippen MR) is 90.0 cm³/mol. The molecule has 1 heterocycles. The lowest BCUT2D eigenvalue weighted by atomic mass is 9.93. The minimum atomic E-state index is -0.993. The van der Waals surface area contributed by atoms with Crippen molar-refractivity contribution in [3.8, 4) is 0 Å². The van der Waals surface area contributed by atoms with E-state index in [2.05, 4.69) is 0 Å². The third-order valence-electron chi connectivity index (χ3n) is 5.00. The van der Waals surface area contributed by atoms with Crippen LogP contribution in [0.15, 0.2) is 24.3 Å². The van der Waals surface area contributed by atoms with Crippen molar-refractivity contribution in [1.82, 2.24) is 4.90 Å². The first-order valence-corrected chi connectivity index (χ1v) is 8.59. The van der Waals surface area contributed by atoms with Gasteiger partial charge in [-0.15, -0.1) is 0 Å². The number of carboxylic acids is 1. The second-order valence-corrected chi connectivity index (χ2v) is 7.64. The molecule has 1 aliphatic carbocycles. The van der Waals surface area contributed by atoms with E-state index in [1.54, 1.807) is 24.3 Å². The van der Waals surface area contributed by atoms with Gasteiger partial charge in [-0.25, -0.2) is 4.79 Å². The number of hydrogen-bond acceptors (Lipinski definition) is 3. The molecule has 0 unspecified atom stereocenters. The van der Waals surface area contributed by atoms with Crippen molar-refractivity contribution in [2.75, 3.05) is 13.1 Å². The van der Waals surface area contributed by atoms with Crippen molar-refractivity contribution in [2.45, 2.75) is 57.2 Å². The zero-order valence-electron chi connectivity index (χ0n) is 14.4. The van der Waals surface area contributed by atoms with Crippen molar-refractivity contribution in [1.29, 1.82) is 0 Å². The highest BCUT2D eigenvalue weighted by atomic mass is 16.5. The minimum absolute atomic E-state index is 0.0219. The summed E-state index contributed by atoms with van der Waals surface area (Å²) in [5, 5.41) is 9.29. The molecule has 5 nitrogen and oxygen atoms in total. The Balaban J connectivity index is 1.78. The van der Waals surface area contributed by atoms with Crippen LogP contribution in [0.1, 0.15) is 55.5 Å². The highest BCUT2D eigenvalue weighted by molar-refractivity contribution is 5.91. The second-order valence-electron chi connectivity index (χ2n) is 7.64. The van der Waals surface area contributed by atoms with Crippen LogP contribution in [-0.2, 0) is 16.0 Å². The first-order chi connectivity index (χ1) is 11.3. The van der Waals surface area contributed by atoms with Gasteiger partial charge in [0.1, 0.15) is 0 Å². The summed E-state index contributed by atoms with van der Waals surface area (Å²) in [6.45, 7) is 5.21. The summed E-state index contributed by atoms with van der Waals surface area (Å²) in [6.07, 6.45) is 4.38. The van der Waals surface area contributed by atoms with Crippen molar-refractivity contribution in [3.05, 3.63) is 35.4 Å². The lowest BCUT2D eigenvalue weighted by Crippen LogP contribution is -2.60. The van der Waals surface area contributed by atoms with Gasteiger partial charge in [0.05, 0.1) is 23.2 Å². The first kappa shape index (κ1) is 17.0. The molecule has 1 saturated heterocycles. The average Bonchev–Trinajstić information content (AvgIpc) is 2.93. The van der Waals surface area contributed by atoms with E-state index in [1.807, 2.05) is 18.7 Å². The van der Waals surface area contributed by atoms with Crippen molar-refractivity contribution >= 4 is 11.9 Å². The number of hydrogen-bond donors (Lipinski definition) is 1. The Bertz CT molecular complexity index is 647. The van der Waals surface area contributed by atoms with E-state index in [4.69, 9.17) is 4.74 Å². The van der Waals surface area contributed by atoms with Gasteiger partial charge in [0.2, 0.25) is 5.91 Å². The molecule has 2 fully saturated rings. The predicted octanol–water partition coefficient (Wildman–Crippen LogP) is 2.88. The molecule has 1 spiro atoms. The van der Waals surface area contributed by atoms with Gasteiger partial charge >= 0.3 is 5.97 Å². The van der Waals surface area contributed by atoms with Crippen LogP contribution in [-0.4, -0.2) is 46.2 Å². The standard InChI is InChI=1S/C19H25NO4/c1-18(2)12-20(13-19(24-18)9-5-6-10-19)16(21)11-14-7-3-4-8-15(14)17(22)23/h3-4,7-8H,5-6,9-13H2,1-2H3,(H,22,23). The van der Waals surface area contributed by atoms with Crippen LogP contribution in [0, 0.1) is 0 Å².